The van der Waals surface area contributed by atoms with Crippen molar-refractivity contribution in [2.75, 3.05) is 19.6 Å². The zero-order chi connectivity index (χ0) is 12.1. The molecule has 2 rings (SSSR count). The Morgan fingerprint density at radius 3 is 3.12 bits per heavy atom. The number of pyridine rings is 1. The van der Waals surface area contributed by atoms with E-state index in [0.29, 0.717) is 12.3 Å². The van der Waals surface area contributed by atoms with E-state index in [-0.39, 0.29) is 0 Å². The molecule has 0 aromatic carbocycles. The van der Waals surface area contributed by atoms with Gasteiger partial charge in [0.15, 0.2) is 0 Å². The Hall–Kier alpha value is -1.42. The maximum absolute atomic E-state index is 10.6. The SMILES string of the molecule is O=C(O)CC1CCN(CCc2ccccn2)C1. The molecule has 0 spiro atoms. The molecule has 1 aromatic heterocycles. The number of carboxylic acid groups (broad SMARTS) is 1. The normalized spacial score (nSPS) is 20.6. The van der Waals surface area contributed by atoms with Crippen LogP contribution in [0, 0.1) is 5.92 Å². The van der Waals surface area contributed by atoms with Gasteiger partial charge in [-0.25, -0.2) is 0 Å². The number of likely N-dealkylation sites (tertiary alicyclic amines) is 1. The zero-order valence-electron chi connectivity index (χ0n) is 9.88. The predicted octanol–water partition coefficient (Wildman–Crippen LogP) is 1.42. The maximum Gasteiger partial charge on any atom is 0.303 e. The lowest BCUT2D eigenvalue weighted by atomic mass is 10.1. The van der Waals surface area contributed by atoms with Gasteiger partial charge in [0, 0.05) is 37.8 Å². The summed E-state index contributed by atoms with van der Waals surface area (Å²) in [6.45, 7) is 2.91. The summed E-state index contributed by atoms with van der Waals surface area (Å²) in [6, 6.07) is 5.95. The van der Waals surface area contributed by atoms with Crippen LogP contribution in [0.4, 0.5) is 0 Å². The monoisotopic (exact) mass is 234 g/mol. The molecule has 0 radical (unpaired) electrons. The third-order valence-electron chi connectivity index (χ3n) is 3.24. The first kappa shape index (κ1) is 12.0. The van der Waals surface area contributed by atoms with Gasteiger partial charge in [0.25, 0.3) is 0 Å². The molecule has 0 amide bonds. The summed E-state index contributed by atoms with van der Waals surface area (Å²) in [5.74, 6) is -0.349. The summed E-state index contributed by atoms with van der Waals surface area (Å²) in [7, 11) is 0. The standard InChI is InChI=1S/C13H18N2O2/c16-13(17)9-11-4-7-15(10-11)8-5-12-3-1-2-6-14-12/h1-3,6,11H,4-5,7-10H2,(H,16,17). The van der Waals surface area contributed by atoms with Crippen molar-refractivity contribution in [1.29, 1.82) is 0 Å². The molecular formula is C13H18N2O2. The summed E-state index contributed by atoms with van der Waals surface area (Å²) in [5, 5.41) is 8.74. The summed E-state index contributed by atoms with van der Waals surface area (Å²) in [6.07, 6.45) is 4.07. The molecule has 1 aliphatic rings. The summed E-state index contributed by atoms with van der Waals surface area (Å²) in [4.78, 5) is 17.2. The second kappa shape index (κ2) is 5.77. The van der Waals surface area contributed by atoms with Crippen LogP contribution in [0.1, 0.15) is 18.5 Å². The molecule has 2 heterocycles. The lowest BCUT2D eigenvalue weighted by molar-refractivity contribution is -0.138. The van der Waals surface area contributed by atoms with E-state index in [1.54, 1.807) is 0 Å². The highest BCUT2D eigenvalue weighted by molar-refractivity contribution is 5.67. The number of carbonyl (C=O) groups is 1. The van der Waals surface area contributed by atoms with Gasteiger partial charge in [0.2, 0.25) is 0 Å². The molecule has 1 unspecified atom stereocenters. The molecule has 0 aliphatic carbocycles. The van der Waals surface area contributed by atoms with E-state index in [1.165, 1.54) is 0 Å². The third-order valence-corrected chi connectivity index (χ3v) is 3.24. The Kier molecular flexibility index (Phi) is 4.09. The van der Waals surface area contributed by atoms with E-state index in [4.69, 9.17) is 5.11 Å². The number of carboxylic acids is 1. The molecule has 0 bridgehead atoms. The third kappa shape index (κ3) is 3.82. The minimum atomic E-state index is -0.679. The van der Waals surface area contributed by atoms with Crippen LogP contribution in [0.3, 0.4) is 0 Å². The van der Waals surface area contributed by atoms with E-state index in [9.17, 15) is 4.79 Å². The van der Waals surface area contributed by atoms with Crippen LogP contribution in [-0.4, -0.2) is 40.6 Å². The molecule has 92 valence electrons. The summed E-state index contributed by atoms with van der Waals surface area (Å²) < 4.78 is 0. The minimum absolute atomic E-state index is 0.306. The molecule has 17 heavy (non-hydrogen) atoms. The first-order chi connectivity index (χ1) is 8.24. The molecule has 1 atom stereocenters. The second-order valence-electron chi connectivity index (χ2n) is 4.62. The number of aliphatic carboxylic acids is 1. The number of aromatic nitrogens is 1. The molecule has 1 aromatic rings. The van der Waals surface area contributed by atoms with Crippen LogP contribution >= 0.6 is 0 Å². The fraction of sp³-hybridized carbons (Fsp3) is 0.538. The Bertz CT molecular complexity index is 367. The van der Waals surface area contributed by atoms with Gasteiger partial charge in [-0.05, 0) is 31.0 Å². The van der Waals surface area contributed by atoms with E-state index in [0.717, 1.165) is 38.2 Å². The van der Waals surface area contributed by atoms with Gasteiger partial charge in [-0.2, -0.15) is 0 Å². The van der Waals surface area contributed by atoms with E-state index >= 15 is 0 Å². The highest BCUT2D eigenvalue weighted by Crippen LogP contribution is 2.19. The van der Waals surface area contributed by atoms with Gasteiger partial charge < -0.3 is 10.0 Å². The summed E-state index contributed by atoms with van der Waals surface area (Å²) >= 11 is 0. The number of rotatable bonds is 5. The van der Waals surface area contributed by atoms with Crippen molar-refractivity contribution < 1.29 is 9.90 Å². The Morgan fingerprint density at radius 1 is 1.53 bits per heavy atom. The highest BCUT2D eigenvalue weighted by Gasteiger charge is 2.23. The Labute approximate surface area is 101 Å². The topological polar surface area (TPSA) is 53.4 Å². The Morgan fingerprint density at radius 2 is 2.41 bits per heavy atom. The van der Waals surface area contributed by atoms with Gasteiger partial charge in [-0.1, -0.05) is 6.07 Å². The van der Waals surface area contributed by atoms with Gasteiger partial charge in [-0.3, -0.25) is 9.78 Å². The number of hydrogen-bond acceptors (Lipinski definition) is 3. The molecule has 1 aliphatic heterocycles. The molecule has 0 saturated carbocycles. The second-order valence-corrected chi connectivity index (χ2v) is 4.62. The zero-order valence-corrected chi connectivity index (χ0v) is 9.88. The van der Waals surface area contributed by atoms with Crippen LogP contribution in [0.5, 0.6) is 0 Å². The largest absolute Gasteiger partial charge is 0.481 e. The number of nitrogens with zero attached hydrogens (tertiary/aromatic N) is 2. The van der Waals surface area contributed by atoms with Gasteiger partial charge in [0.05, 0.1) is 0 Å². The van der Waals surface area contributed by atoms with Crippen molar-refractivity contribution >= 4 is 5.97 Å². The van der Waals surface area contributed by atoms with Gasteiger partial charge >= 0.3 is 5.97 Å². The summed E-state index contributed by atoms with van der Waals surface area (Å²) in [5.41, 5.74) is 1.11. The smallest absolute Gasteiger partial charge is 0.303 e. The Balaban J connectivity index is 1.73. The molecule has 1 N–H and O–H groups in total. The molecule has 1 fully saturated rings. The van der Waals surface area contributed by atoms with Crippen LogP contribution in [0.2, 0.25) is 0 Å². The minimum Gasteiger partial charge on any atom is -0.481 e. The average molecular weight is 234 g/mol. The molecule has 4 nitrogen and oxygen atoms in total. The predicted molar refractivity (Wildman–Crippen MR) is 64.7 cm³/mol. The average Bonchev–Trinajstić information content (AvgIpc) is 2.75. The van der Waals surface area contributed by atoms with Crippen LogP contribution in [0.15, 0.2) is 24.4 Å². The van der Waals surface area contributed by atoms with Crippen LogP contribution in [-0.2, 0) is 11.2 Å². The van der Waals surface area contributed by atoms with Crippen LogP contribution < -0.4 is 0 Å². The van der Waals surface area contributed by atoms with Crippen LogP contribution in [0.25, 0.3) is 0 Å². The molecular weight excluding hydrogens is 216 g/mol. The first-order valence-corrected chi connectivity index (χ1v) is 6.08. The lowest BCUT2D eigenvalue weighted by Crippen LogP contribution is -2.24. The lowest BCUT2D eigenvalue weighted by Gasteiger charge is -2.14. The van der Waals surface area contributed by atoms with Crippen molar-refractivity contribution in [3.05, 3.63) is 30.1 Å². The maximum atomic E-state index is 10.6. The fourth-order valence-corrected chi connectivity index (χ4v) is 2.35. The van der Waals surface area contributed by atoms with Gasteiger partial charge in [0.1, 0.15) is 0 Å². The molecule has 4 heteroatoms. The van der Waals surface area contributed by atoms with Crippen molar-refractivity contribution in [2.45, 2.75) is 19.3 Å². The fourth-order valence-electron chi connectivity index (χ4n) is 2.35. The molecule has 1 saturated heterocycles. The van der Waals surface area contributed by atoms with E-state index in [1.807, 2.05) is 24.4 Å². The van der Waals surface area contributed by atoms with Crippen molar-refractivity contribution in [3.63, 3.8) is 0 Å². The van der Waals surface area contributed by atoms with E-state index < -0.39 is 5.97 Å². The number of hydrogen-bond donors (Lipinski definition) is 1. The quantitative estimate of drug-likeness (QED) is 0.837. The van der Waals surface area contributed by atoms with Crippen molar-refractivity contribution in [1.82, 2.24) is 9.88 Å². The van der Waals surface area contributed by atoms with Gasteiger partial charge in [-0.15, -0.1) is 0 Å². The van der Waals surface area contributed by atoms with E-state index in [2.05, 4.69) is 9.88 Å². The van der Waals surface area contributed by atoms with Crippen molar-refractivity contribution in [2.24, 2.45) is 5.92 Å². The first-order valence-electron chi connectivity index (χ1n) is 6.08. The van der Waals surface area contributed by atoms with Crippen molar-refractivity contribution in [3.8, 4) is 0 Å². The highest BCUT2D eigenvalue weighted by atomic mass is 16.4.